The van der Waals surface area contributed by atoms with Crippen LogP contribution in [0.5, 0.6) is 0 Å². The second kappa shape index (κ2) is 8.25. The number of benzene rings is 1. The zero-order chi connectivity index (χ0) is 22.2. The Balaban J connectivity index is 1.64. The van der Waals surface area contributed by atoms with E-state index in [9.17, 15) is 8.42 Å². The van der Waals surface area contributed by atoms with Gasteiger partial charge in [0, 0.05) is 63.2 Å². The van der Waals surface area contributed by atoms with Gasteiger partial charge in [0.05, 0.1) is 0 Å². The van der Waals surface area contributed by atoms with E-state index in [0.717, 1.165) is 47.1 Å². The summed E-state index contributed by atoms with van der Waals surface area (Å²) in [6.07, 6.45) is 1.70. The molecule has 0 atom stereocenters. The van der Waals surface area contributed by atoms with Crippen LogP contribution in [0.3, 0.4) is 0 Å². The molecule has 4 rings (SSSR count). The molecule has 1 saturated heterocycles. The van der Waals surface area contributed by atoms with Crippen LogP contribution in [0, 0.1) is 6.92 Å². The molecule has 3 aromatic rings. The minimum Gasteiger partial charge on any atom is -0.369 e. The van der Waals surface area contributed by atoms with Gasteiger partial charge >= 0.3 is 0 Å². The van der Waals surface area contributed by atoms with E-state index < -0.39 is 10.2 Å². The standard InChI is InChI=1S/C20H26N8O2S/c1-14-12-18(27(3)31(21,29)30)24-19-17(14)13-23-20(25-19)26(2)15-4-6-16(7-5-15)28-10-8-22-9-11-28/h4-7,12-13,22H,8-11H2,1-3H3,(H2,21,29,30). The van der Waals surface area contributed by atoms with Gasteiger partial charge in [-0.25, -0.2) is 19.4 Å². The van der Waals surface area contributed by atoms with Crippen molar-refractivity contribution >= 4 is 44.4 Å². The zero-order valence-corrected chi connectivity index (χ0v) is 18.6. The van der Waals surface area contributed by atoms with Gasteiger partial charge in [-0.1, -0.05) is 0 Å². The minimum atomic E-state index is -3.92. The van der Waals surface area contributed by atoms with Crippen molar-refractivity contribution in [3.8, 4) is 0 Å². The number of nitrogens with two attached hydrogens (primary N) is 1. The van der Waals surface area contributed by atoms with E-state index in [4.69, 9.17) is 5.14 Å². The van der Waals surface area contributed by atoms with Crippen LogP contribution in [-0.2, 0) is 10.2 Å². The summed E-state index contributed by atoms with van der Waals surface area (Å²) in [5, 5.41) is 9.34. The topological polar surface area (TPSA) is 121 Å². The number of nitrogens with one attached hydrogen (secondary N) is 1. The summed E-state index contributed by atoms with van der Waals surface area (Å²) >= 11 is 0. The molecule has 1 aliphatic heterocycles. The van der Waals surface area contributed by atoms with E-state index in [0.29, 0.717) is 11.6 Å². The van der Waals surface area contributed by atoms with Gasteiger partial charge < -0.3 is 15.1 Å². The predicted molar refractivity (Wildman–Crippen MR) is 123 cm³/mol. The normalized spacial score (nSPS) is 14.6. The predicted octanol–water partition coefficient (Wildman–Crippen LogP) is 1.15. The van der Waals surface area contributed by atoms with Gasteiger partial charge in [-0.3, -0.25) is 0 Å². The van der Waals surface area contributed by atoms with Gasteiger partial charge in [0.2, 0.25) is 5.95 Å². The highest BCUT2D eigenvalue weighted by Crippen LogP contribution is 2.27. The number of pyridine rings is 1. The smallest absolute Gasteiger partial charge is 0.299 e. The number of nitrogens with zero attached hydrogens (tertiary/aromatic N) is 6. The third kappa shape index (κ3) is 4.38. The van der Waals surface area contributed by atoms with Crippen LogP contribution in [-0.4, -0.2) is 63.6 Å². The highest BCUT2D eigenvalue weighted by molar-refractivity contribution is 7.90. The van der Waals surface area contributed by atoms with E-state index >= 15 is 0 Å². The van der Waals surface area contributed by atoms with E-state index in [2.05, 4.69) is 37.3 Å². The summed E-state index contributed by atoms with van der Waals surface area (Å²) in [7, 11) is -0.674. The first-order valence-corrected chi connectivity index (χ1v) is 11.4. The largest absolute Gasteiger partial charge is 0.369 e. The molecule has 2 aromatic heterocycles. The molecule has 1 aliphatic rings. The maximum atomic E-state index is 11.7. The Morgan fingerprint density at radius 3 is 2.42 bits per heavy atom. The number of anilines is 4. The van der Waals surface area contributed by atoms with Gasteiger partial charge in [0.25, 0.3) is 10.2 Å². The van der Waals surface area contributed by atoms with Crippen LogP contribution < -0.4 is 24.6 Å². The second-order valence-corrected chi connectivity index (χ2v) is 9.11. The lowest BCUT2D eigenvalue weighted by atomic mass is 10.2. The van der Waals surface area contributed by atoms with Crippen molar-refractivity contribution in [2.45, 2.75) is 6.92 Å². The van der Waals surface area contributed by atoms with Gasteiger partial charge in [0.1, 0.15) is 5.82 Å². The fourth-order valence-electron chi connectivity index (χ4n) is 3.52. The van der Waals surface area contributed by atoms with Crippen LogP contribution >= 0.6 is 0 Å². The molecular formula is C20H26N8O2S. The Labute approximate surface area is 181 Å². The molecule has 3 heterocycles. The van der Waals surface area contributed by atoms with Crippen molar-refractivity contribution in [1.29, 1.82) is 0 Å². The van der Waals surface area contributed by atoms with E-state index in [1.807, 2.05) is 31.0 Å². The Morgan fingerprint density at radius 1 is 1.10 bits per heavy atom. The first-order valence-electron chi connectivity index (χ1n) is 9.94. The molecule has 10 nitrogen and oxygen atoms in total. The van der Waals surface area contributed by atoms with Crippen molar-refractivity contribution in [2.75, 3.05) is 54.4 Å². The molecular weight excluding hydrogens is 416 g/mol. The molecule has 0 radical (unpaired) electrons. The molecule has 164 valence electrons. The third-order valence-corrected chi connectivity index (χ3v) is 6.42. The van der Waals surface area contributed by atoms with Crippen LogP contribution in [0.4, 0.5) is 23.1 Å². The number of aromatic nitrogens is 3. The maximum absolute atomic E-state index is 11.7. The Kier molecular flexibility index (Phi) is 5.65. The van der Waals surface area contributed by atoms with Crippen molar-refractivity contribution in [2.24, 2.45) is 5.14 Å². The molecule has 0 unspecified atom stereocenters. The average Bonchev–Trinajstić information content (AvgIpc) is 2.77. The molecule has 0 aliphatic carbocycles. The third-order valence-electron chi connectivity index (χ3n) is 5.47. The minimum absolute atomic E-state index is 0.208. The second-order valence-electron chi connectivity index (χ2n) is 7.53. The van der Waals surface area contributed by atoms with Crippen molar-refractivity contribution in [3.63, 3.8) is 0 Å². The van der Waals surface area contributed by atoms with Crippen molar-refractivity contribution < 1.29 is 8.42 Å². The lowest BCUT2D eigenvalue weighted by molar-refractivity contribution is 0.589. The molecule has 0 bridgehead atoms. The Hall–Kier alpha value is -3.02. The molecule has 1 aromatic carbocycles. The number of aryl methyl sites for hydroxylation is 1. The van der Waals surface area contributed by atoms with Gasteiger partial charge in [0.15, 0.2) is 5.65 Å². The molecule has 31 heavy (non-hydrogen) atoms. The molecule has 0 amide bonds. The lowest BCUT2D eigenvalue weighted by Gasteiger charge is -2.29. The van der Waals surface area contributed by atoms with Gasteiger partial charge in [-0.15, -0.1) is 0 Å². The summed E-state index contributed by atoms with van der Waals surface area (Å²) in [5.41, 5.74) is 3.34. The van der Waals surface area contributed by atoms with Crippen molar-refractivity contribution in [3.05, 3.63) is 42.1 Å². The summed E-state index contributed by atoms with van der Waals surface area (Å²) in [6, 6.07) is 9.91. The fraction of sp³-hybridized carbons (Fsp3) is 0.350. The summed E-state index contributed by atoms with van der Waals surface area (Å²) in [5.74, 6) is 0.671. The molecule has 3 N–H and O–H groups in total. The van der Waals surface area contributed by atoms with Gasteiger partial charge in [-0.2, -0.15) is 13.4 Å². The van der Waals surface area contributed by atoms with E-state index in [1.165, 1.54) is 12.7 Å². The Bertz CT molecular complexity index is 1190. The first-order chi connectivity index (χ1) is 14.7. The lowest BCUT2D eigenvalue weighted by Crippen LogP contribution is -2.43. The quantitative estimate of drug-likeness (QED) is 0.604. The highest BCUT2D eigenvalue weighted by Gasteiger charge is 2.17. The number of hydrogen-bond donors (Lipinski definition) is 2. The number of fused-ring (bicyclic) bond motifs is 1. The Morgan fingerprint density at radius 2 is 1.77 bits per heavy atom. The summed E-state index contributed by atoms with van der Waals surface area (Å²) in [6.45, 7) is 5.81. The van der Waals surface area contributed by atoms with E-state index in [1.54, 1.807) is 12.3 Å². The molecule has 0 spiro atoms. The van der Waals surface area contributed by atoms with E-state index in [-0.39, 0.29) is 5.82 Å². The molecule has 0 saturated carbocycles. The maximum Gasteiger partial charge on any atom is 0.299 e. The average molecular weight is 443 g/mol. The summed E-state index contributed by atoms with van der Waals surface area (Å²) in [4.78, 5) is 17.7. The monoisotopic (exact) mass is 442 g/mol. The SMILES string of the molecule is Cc1cc(N(C)S(N)(=O)=O)nc2nc(N(C)c3ccc(N4CCNCC4)cc3)ncc12. The van der Waals surface area contributed by atoms with Crippen LogP contribution in [0.2, 0.25) is 0 Å². The zero-order valence-electron chi connectivity index (χ0n) is 17.8. The molecule has 11 heteroatoms. The summed E-state index contributed by atoms with van der Waals surface area (Å²) < 4.78 is 24.3. The van der Waals surface area contributed by atoms with Crippen LogP contribution in [0.15, 0.2) is 36.5 Å². The number of piperazine rings is 1. The first kappa shape index (κ1) is 21.2. The fourth-order valence-corrected chi connectivity index (χ4v) is 3.87. The number of rotatable bonds is 5. The number of hydrogen-bond acceptors (Lipinski definition) is 8. The van der Waals surface area contributed by atoms with Crippen LogP contribution in [0.1, 0.15) is 5.56 Å². The van der Waals surface area contributed by atoms with Crippen LogP contribution in [0.25, 0.3) is 11.0 Å². The van der Waals surface area contributed by atoms with Gasteiger partial charge in [-0.05, 0) is 42.8 Å². The highest BCUT2D eigenvalue weighted by atomic mass is 32.2. The molecule has 1 fully saturated rings. The van der Waals surface area contributed by atoms with Crippen molar-refractivity contribution in [1.82, 2.24) is 20.3 Å².